The zero-order chi connectivity index (χ0) is 15.5. The third-order valence-electron chi connectivity index (χ3n) is 4.42. The SMILES string of the molecule is COc1cccc(C(=O)N2CC(c3ccccc3)CC2C)c1. The molecule has 1 fully saturated rings. The van der Waals surface area contributed by atoms with Gasteiger partial charge in [-0.05, 0) is 37.1 Å². The van der Waals surface area contributed by atoms with Crippen molar-refractivity contribution in [1.82, 2.24) is 4.90 Å². The quantitative estimate of drug-likeness (QED) is 0.864. The van der Waals surface area contributed by atoms with Gasteiger partial charge in [-0.1, -0.05) is 36.4 Å². The summed E-state index contributed by atoms with van der Waals surface area (Å²) in [4.78, 5) is 14.8. The van der Waals surface area contributed by atoms with Crippen molar-refractivity contribution in [3.8, 4) is 5.75 Å². The molecule has 3 rings (SSSR count). The van der Waals surface area contributed by atoms with Crippen LogP contribution in [0.5, 0.6) is 5.75 Å². The lowest BCUT2D eigenvalue weighted by Gasteiger charge is -2.21. The number of nitrogens with zero attached hydrogens (tertiary/aromatic N) is 1. The summed E-state index contributed by atoms with van der Waals surface area (Å²) in [5.74, 6) is 1.23. The van der Waals surface area contributed by atoms with Gasteiger partial charge >= 0.3 is 0 Å². The normalized spacial score (nSPS) is 20.9. The van der Waals surface area contributed by atoms with Crippen LogP contribution in [0.3, 0.4) is 0 Å². The summed E-state index contributed by atoms with van der Waals surface area (Å²) in [6.45, 7) is 2.90. The van der Waals surface area contributed by atoms with Crippen LogP contribution >= 0.6 is 0 Å². The second-order valence-corrected chi connectivity index (χ2v) is 5.88. The van der Waals surface area contributed by atoms with Gasteiger partial charge in [-0.2, -0.15) is 0 Å². The molecule has 0 saturated carbocycles. The van der Waals surface area contributed by atoms with Crippen molar-refractivity contribution < 1.29 is 9.53 Å². The molecule has 2 aromatic rings. The predicted molar refractivity (Wildman–Crippen MR) is 87.3 cm³/mol. The molecule has 0 aromatic heterocycles. The van der Waals surface area contributed by atoms with Gasteiger partial charge < -0.3 is 9.64 Å². The van der Waals surface area contributed by atoms with Crippen molar-refractivity contribution in [2.75, 3.05) is 13.7 Å². The third kappa shape index (κ3) is 2.84. The number of benzene rings is 2. The number of carbonyl (C=O) groups excluding carboxylic acids is 1. The van der Waals surface area contributed by atoms with Gasteiger partial charge in [0, 0.05) is 24.1 Å². The monoisotopic (exact) mass is 295 g/mol. The van der Waals surface area contributed by atoms with Crippen LogP contribution in [-0.2, 0) is 0 Å². The first-order chi connectivity index (χ1) is 10.7. The highest BCUT2D eigenvalue weighted by Crippen LogP contribution is 2.32. The minimum atomic E-state index is 0.0878. The molecule has 0 bridgehead atoms. The van der Waals surface area contributed by atoms with E-state index in [4.69, 9.17) is 4.74 Å². The van der Waals surface area contributed by atoms with Crippen molar-refractivity contribution in [3.63, 3.8) is 0 Å². The molecule has 0 radical (unpaired) electrons. The van der Waals surface area contributed by atoms with E-state index in [1.54, 1.807) is 7.11 Å². The highest BCUT2D eigenvalue weighted by molar-refractivity contribution is 5.95. The Balaban J connectivity index is 1.78. The number of rotatable bonds is 3. The van der Waals surface area contributed by atoms with E-state index in [0.29, 0.717) is 11.5 Å². The van der Waals surface area contributed by atoms with Crippen LogP contribution in [0.4, 0.5) is 0 Å². The Labute approximate surface area is 131 Å². The van der Waals surface area contributed by atoms with Gasteiger partial charge in [0.2, 0.25) is 0 Å². The van der Waals surface area contributed by atoms with Crippen LogP contribution in [0.15, 0.2) is 54.6 Å². The number of ether oxygens (including phenoxy) is 1. The fraction of sp³-hybridized carbons (Fsp3) is 0.316. The van der Waals surface area contributed by atoms with Crippen molar-refractivity contribution in [2.45, 2.75) is 25.3 Å². The number of methoxy groups -OCH3 is 1. The Morgan fingerprint density at radius 1 is 1.14 bits per heavy atom. The van der Waals surface area contributed by atoms with Crippen LogP contribution in [0.2, 0.25) is 0 Å². The van der Waals surface area contributed by atoms with Crippen molar-refractivity contribution in [2.24, 2.45) is 0 Å². The van der Waals surface area contributed by atoms with Gasteiger partial charge in [-0.15, -0.1) is 0 Å². The van der Waals surface area contributed by atoms with E-state index < -0.39 is 0 Å². The van der Waals surface area contributed by atoms with Gasteiger partial charge in [-0.3, -0.25) is 4.79 Å². The highest BCUT2D eigenvalue weighted by Gasteiger charge is 2.33. The largest absolute Gasteiger partial charge is 0.497 e. The molecule has 1 aliphatic heterocycles. The maximum atomic E-state index is 12.8. The first-order valence-electron chi connectivity index (χ1n) is 7.69. The van der Waals surface area contributed by atoms with E-state index >= 15 is 0 Å². The minimum Gasteiger partial charge on any atom is -0.497 e. The van der Waals surface area contributed by atoms with Crippen LogP contribution in [0.25, 0.3) is 0 Å². The number of hydrogen-bond acceptors (Lipinski definition) is 2. The van der Waals surface area contributed by atoms with E-state index in [1.807, 2.05) is 35.2 Å². The summed E-state index contributed by atoms with van der Waals surface area (Å²) >= 11 is 0. The summed E-state index contributed by atoms with van der Waals surface area (Å²) < 4.78 is 5.21. The number of likely N-dealkylation sites (tertiary alicyclic amines) is 1. The number of carbonyl (C=O) groups is 1. The van der Waals surface area contributed by atoms with Gasteiger partial charge in [0.25, 0.3) is 5.91 Å². The molecule has 0 aliphatic carbocycles. The van der Waals surface area contributed by atoms with E-state index in [1.165, 1.54) is 5.56 Å². The summed E-state index contributed by atoms with van der Waals surface area (Å²) in [5.41, 5.74) is 2.01. The second-order valence-electron chi connectivity index (χ2n) is 5.88. The fourth-order valence-electron chi connectivity index (χ4n) is 3.20. The molecule has 0 spiro atoms. The average Bonchev–Trinajstić information content (AvgIpc) is 2.97. The van der Waals surface area contributed by atoms with Gasteiger partial charge in [0.15, 0.2) is 0 Å². The van der Waals surface area contributed by atoms with Gasteiger partial charge in [-0.25, -0.2) is 0 Å². The van der Waals surface area contributed by atoms with E-state index in [-0.39, 0.29) is 11.9 Å². The topological polar surface area (TPSA) is 29.5 Å². The van der Waals surface area contributed by atoms with Gasteiger partial charge in [0.1, 0.15) is 5.75 Å². The summed E-state index contributed by atoms with van der Waals surface area (Å²) in [6.07, 6.45) is 1.01. The van der Waals surface area contributed by atoms with Gasteiger partial charge in [0.05, 0.1) is 7.11 Å². The van der Waals surface area contributed by atoms with Crippen molar-refractivity contribution >= 4 is 5.91 Å². The van der Waals surface area contributed by atoms with Crippen LogP contribution in [-0.4, -0.2) is 30.5 Å². The number of amides is 1. The highest BCUT2D eigenvalue weighted by atomic mass is 16.5. The third-order valence-corrected chi connectivity index (χ3v) is 4.42. The lowest BCUT2D eigenvalue weighted by atomic mass is 9.97. The summed E-state index contributed by atoms with van der Waals surface area (Å²) in [6, 6.07) is 18.1. The smallest absolute Gasteiger partial charge is 0.254 e. The Bertz CT molecular complexity index is 653. The molecule has 1 amide bonds. The first kappa shape index (κ1) is 14.6. The van der Waals surface area contributed by atoms with Crippen LogP contribution in [0.1, 0.15) is 35.2 Å². The Hall–Kier alpha value is -2.29. The molecule has 1 aliphatic rings. The van der Waals surface area contributed by atoms with Crippen molar-refractivity contribution in [1.29, 1.82) is 0 Å². The molecular weight excluding hydrogens is 274 g/mol. The zero-order valence-corrected chi connectivity index (χ0v) is 13.0. The molecule has 2 aromatic carbocycles. The van der Waals surface area contributed by atoms with Crippen LogP contribution < -0.4 is 4.74 Å². The molecule has 1 heterocycles. The molecule has 22 heavy (non-hydrogen) atoms. The molecule has 3 heteroatoms. The molecule has 0 N–H and O–H groups in total. The Morgan fingerprint density at radius 3 is 2.64 bits per heavy atom. The molecule has 3 nitrogen and oxygen atoms in total. The maximum Gasteiger partial charge on any atom is 0.254 e. The summed E-state index contributed by atoms with van der Waals surface area (Å²) in [5, 5.41) is 0. The van der Waals surface area contributed by atoms with E-state index in [2.05, 4.69) is 31.2 Å². The van der Waals surface area contributed by atoms with Crippen LogP contribution in [0, 0.1) is 0 Å². The maximum absolute atomic E-state index is 12.8. The molecule has 2 atom stereocenters. The zero-order valence-electron chi connectivity index (χ0n) is 13.0. The number of hydrogen-bond donors (Lipinski definition) is 0. The Morgan fingerprint density at radius 2 is 1.91 bits per heavy atom. The van der Waals surface area contributed by atoms with E-state index in [9.17, 15) is 4.79 Å². The summed E-state index contributed by atoms with van der Waals surface area (Å²) in [7, 11) is 1.62. The molecular formula is C19H21NO2. The lowest BCUT2D eigenvalue weighted by molar-refractivity contribution is 0.0745. The standard InChI is InChI=1S/C19H21NO2/c1-14-11-17(15-7-4-3-5-8-15)13-20(14)19(21)16-9-6-10-18(12-16)22-2/h3-10,12,14,17H,11,13H2,1-2H3. The molecule has 114 valence electrons. The fourth-order valence-corrected chi connectivity index (χ4v) is 3.20. The minimum absolute atomic E-state index is 0.0878. The lowest BCUT2D eigenvalue weighted by Crippen LogP contribution is -2.33. The Kier molecular flexibility index (Phi) is 4.14. The second kappa shape index (κ2) is 6.22. The van der Waals surface area contributed by atoms with E-state index in [0.717, 1.165) is 18.7 Å². The first-order valence-corrected chi connectivity index (χ1v) is 7.69. The molecule has 2 unspecified atom stereocenters. The van der Waals surface area contributed by atoms with Crippen molar-refractivity contribution in [3.05, 3.63) is 65.7 Å². The average molecular weight is 295 g/mol. The predicted octanol–water partition coefficient (Wildman–Crippen LogP) is 3.71. The molecule has 1 saturated heterocycles.